The third-order valence-corrected chi connectivity index (χ3v) is 3.53. The molecule has 2 heterocycles. The third-order valence-electron chi connectivity index (χ3n) is 2.70. The minimum Gasteiger partial charge on any atom is -0.462 e. The van der Waals surface area contributed by atoms with Gasteiger partial charge in [0.2, 0.25) is 0 Å². The Kier molecular flexibility index (Phi) is 2.79. The van der Waals surface area contributed by atoms with Crippen LogP contribution in [0.5, 0.6) is 0 Å². The average Bonchev–Trinajstić information content (AvgIpc) is 2.85. The van der Waals surface area contributed by atoms with Gasteiger partial charge < -0.3 is 9.15 Å². The lowest BCUT2D eigenvalue weighted by Crippen LogP contribution is -2.07. The van der Waals surface area contributed by atoms with Gasteiger partial charge in [0.1, 0.15) is 21.4 Å². The highest BCUT2D eigenvalue weighted by molar-refractivity contribution is 7.09. The molecule has 2 aromatic heterocycles. The highest BCUT2D eigenvalue weighted by Crippen LogP contribution is 2.26. The molecular formula is C13H9NO4S. The van der Waals surface area contributed by atoms with Crippen LogP contribution in [0.2, 0.25) is 0 Å². The molecular weight excluding hydrogens is 266 g/mol. The molecule has 0 radical (unpaired) electrons. The molecule has 96 valence electrons. The maximum absolute atomic E-state index is 12.0. The van der Waals surface area contributed by atoms with E-state index in [1.54, 1.807) is 25.1 Å². The van der Waals surface area contributed by atoms with Crippen molar-refractivity contribution in [1.29, 1.82) is 0 Å². The van der Waals surface area contributed by atoms with Gasteiger partial charge in [-0.15, -0.1) is 0 Å². The number of ether oxygens (including phenoxy) is 1. The Morgan fingerprint density at radius 1 is 1.42 bits per heavy atom. The fourth-order valence-corrected chi connectivity index (χ4v) is 2.68. The van der Waals surface area contributed by atoms with Gasteiger partial charge in [-0.05, 0) is 30.6 Å². The molecule has 0 amide bonds. The molecule has 0 unspecified atom stereocenters. The van der Waals surface area contributed by atoms with Gasteiger partial charge >= 0.3 is 11.6 Å². The summed E-state index contributed by atoms with van der Waals surface area (Å²) in [7, 11) is 0. The molecule has 0 saturated carbocycles. The first-order valence-electron chi connectivity index (χ1n) is 5.70. The van der Waals surface area contributed by atoms with Crippen LogP contribution in [0.1, 0.15) is 16.6 Å². The Balaban J connectivity index is 2.38. The Hall–Kier alpha value is -2.21. The molecule has 0 N–H and O–H groups in total. The largest absolute Gasteiger partial charge is 0.462 e. The van der Waals surface area contributed by atoms with Gasteiger partial charge in [0.25, 0.3) is 0 Å². The van der Waals surface area contributed by atoms with Gasteiger partial charge in [0.05, 0.1) is 6.61 Å². The van der Waals surface area contributed by atoms with Gasteiger partial charge in [0.15, 0.2) is 0 Å². The molecule has 5 nitrogen and oxygen atoms in total. The number of benzene rings is 1. The number of carbonyl (C=O) groups is 1. The quantitative estimate of drug-likeness (QED) is 0.531. The summed E-state index contributed by atoms with van der Waals surface area (Å²) < 4.78 is 14.3. The van der Waals surface area contributed by atoms with Gasteiger partial charge in [-0.1, -0.05) is 12.1 Å². The summed E-state index contributed by atoms with van der Waals surface area (Å²) in [6.07, 6.45) is 0. The van der Waals surface area contributed by atoms with Crippen LogP contribution in [-0.2, 0) is 4.74 Å². The van der Waals surface area contributed by atoms with E-state index in [1.807, 2.05) is 6.07 Å². The van der Waals surface area contributed by atoms with E-state index < -0.39 is 11.6 Å². The number of rotatable bonds is 2. The lowest BCUT2D eigenvalue weighted by molar-refractivity contribution is 0.0534. The molecule has 19 heavy (non-hydrogen) atoms. The van der Waals surface area contributed by atoms with Crippen LogP contribution in [0.4, 0.5) is 0 Å². The zero-order valence-electron chi connectivity index (χ0n) is 10.0. The van der Waals surface area contributed by atoms with E-state index in [0.717, 1.165) is 11.5 Å². The zero-order valence-corrected chi connectivity index (χ0v) is 10.8. The van der Waals surface area contributed by atoms with Crippen LogP contribution in [0, 0.1) is 0 Å². The number of hydrogen-bond donors (Lipinski definition) is 0. The minimum atomic E-state index is -0.564. The smallest absolute Gasteiger partial charge is 0.350 e. The minimum absolute atomic E-state index is 0.191. The number of esters is 1. The maximum Gasteiger partial charge on any atom is 0.350 e. The number of carbonyl (C=O) groups excluding carboxylic acids is 1. The highest BCUT2D eigenvalue weighted by Gasteiger charge is 2.21. The van der Waals surface area contributed by atoms with Crippen molar-refractivity contribution in [3.63, 3.8) is 0 Å². The molecule has 0 atom stereocenters. The average molecular weight is 275 g/mol. The zero-order chi connectivity index (χ0) is 13.4. The van der Waals surface area contributed by atoms with Crippen molar-refractivity contribution in [2.75, 3.05) is 6.61 Å². The second-order valence-electron chi connectivity index (χ2n) is 3.84. The molecule has 1 aromatic carbocycles. The van der Waals surface area contributed by atoms with E-state index in [1.165, 1.54) is 0 Å². The van der Waals surface area contributed by atoms with Gasteiger partial charge in [-0.3, -0.25) is 0 Å². The predicted molar refractivity (Wildman–Crippen MR) is 71.6 cm³/mol. The van der Waals surface area contributed by atoms with Crippen LogP contribution in [0.15, 0.2) is 33.5 Å². The van der Waals surface area contributed by atoms with Crippen molar-refractivity contribution in [2.24, 2.45) is 0 Å². The molecule has 3 rings (SSSR count). The molecule has 3 aromatic rings. The monoisotopic (exact) mass is 275 g/mol. The summed E-state index contributed by atoms with van der Waals surface area (Å²) in [5.41, 5.74) is 0.381. The van der Waals surface area contributed by atoms with Gasteiger partial charge in [-0.2, -0.15) is 4.37 Å². The first-order chi connectivity index (χ1) is 9.22. The summed E-state index contributed by atoms with van der Waals surface area (Å²) in [5, 5.41) is 0.908. The lowest BCUT2D eigenvalue weighted by Gasteiger charge is -1.99. The molecule has 6 heteroatoms. The van der Waals surface area contributed by atoms with Crippen molar-refractivity contribution in [2.45, 2.75) is 6.92 Å². The highest BCUT2D eigenvalue weighted by atomic mass is 32.1. The lowest BCUT2D eigenvalue weighted by atomic mass is 10.2. The maximum atomic E-state index is 12.0. The summed E-state index contributed by atoms with van der Waals surface area (Å²) in [6, 6.07) is 7.09. The van der Waals surface area contributed by atoms with E-state index in [-0.39, 0.29) is 16.9 Å². The number of para-hydroxylation sites is 1. The summed E-state index contributed by atoms with van der Waals surface area (Å²) in [5.74, 6) is -0.544. The molecule has 0 aliphatic heterocycles. The SMILES string of the molecule is CCOC(=O)c1snc2c1c(=O)oc1ccccc12. The van der Waals surface area contributed by atoms with Crippen molar-refractivity contribution in [3.05, 3.63) is 39.6 Å². The fraction of sp³-hybridized carbons (Fsp3) is 0.154. The first kappa shape index (κ1) is 11.9. The van der Waals surface area contributed by atoms with E-state index >= 15 is 0 Å². The Labute approximate surface area is 111 Å². The van der Waals surface area contributed by atoms with Crippen molar-refractivity contribution in [3.8, 4) is 0 Å². The van der Waals surface area contributed by atoms with Crippen LogP contribution < -0.4 is 5.63 Å². The molecule has 0 saturated heterocycles. The van der Waals surface area contributed by atoms with Crippen LogP contribution in [0.25, 0.3) is 21.9 Å². The Bertz CT molecular complexity index is 833. The van der Waals surface area contributed by atoms with Crippen LogP contribution in [-0.4, -0.2) is 16.9 Å². The van der Waals surface area contributed by atoms with Gasteiger partial charge in [-0.25, -0.2) is 9.59 Å². The molecule has 0 fully saturated rings. The van der Waals surface area contributed by atoms with E-state index in [4.69, 9.17) is 9.15 Å². The second kappa shape index (κ2) is 4.47. The third kappa shape index (κ3) is 1.80. The second-order valence-corrected chi connectivity index (χ2v) is 4.61. The summed E-state index contributed by atoms with van der Waals surface area (Å²) in [4.78, 5) is 23.9. The van der Waals surface area contributed by atoms with Crippen molar-refractivity contribution in [1.82, 2.24) is 4.37 Å². The normalized spacial score (nSPS) is 11.0. The topological polar surface area (TPSA) is 69.4 Å². The van der Waals surface area contributed by atoms with Gasteiger partial charge in [0, 0.05) is 5.39 Å². The van der Waals surface area contributed by atoms with Crippen LogP contribution in [0.3, 0.4) is 0 Å². The standard InChI is InChI=1S/C13H9NO4S/c1-2-17-13(16)11-9-10(14-19-11)7-5-3-4-6-8(7)18-12(9)15/h3-6H,2H2,1H3. The molecule has 0 bridgehead atoms. The van der Waals surface area contributed by atoms with Crippen LogP contribution >= 0.6 is 11.5 Å². The fourth-order valence-electron chi connectivity index (χ4n) is 1.90. The number of nitrogens with zero attached hydrogens (tertiary/aromatic N) is 1. The molecule has 0 aliphatic carbocycles. The first-order valence-corrected chi connectivity index (χ1v) is 6.48. The summed E-state index contributed by atoms with van der Waals surface area (Å²) in [6.45, 7) is 1.95. The number of fused-ring (bicyclic) bond motifs is 3. The van der Waals surface area contributed by atoms with E-state index in [0.29, 0.717) is 16.5 Å². The van der Waals surface area contributed by atoms with Crippen molar-refractivity contribution < 1.29 is 13.9 Å². The predicted octanol–water partition coefficient (Wildman–Crippen LogP) is 2.58. The molecule has 0 aliphatic rings. The summed E-state index contributed by atoms with van der Waals surface area (Å²) >= 11 is 0.955. The van der Waals surface area contributed by atoms with E-state index in [2.05, 4.69) is 4.37 Å². The van der Waals surface area contributed by atoms with E-state index in [9.17, 15) is 9.59 Å². The Morgan fingerprint density at radius 2 is 2.21 bits per heavy atom. The molecule has 0 spiro atoms. The Morgan fingerprint density at radius 3 is 3.00 bits per heavy atom. The number of hydrogen-bond acceptors (Lipinski definition) is 6. The number of aromatic nitrogens is 1. The van der Waals surface area contributed by atoms with Crippen molar-refractivity contribution >= 4 is 39.4 Å².